The highest BCUT2D eigenvalue weighted by molar-refractivity contribution is 7.83. The second-order valence-electron chi connectivity index (χ2n) is 6.34. The monoisotopic (exact) mass is 313 g/mol. The molecule has 0 bridgehead atoms. The van der Waals surface area contributed by atoms with E-state index in [4.69, 9.17) is 0 Å². The lowest BCUT2D eigenvalue weighted by molar-refractivity contribution is 0.374. The molecule has 0 amide bonds. The average molecular weight is 313 g/mol. The SMILES string of the molecule is Cc1cccc(C2CC(Nc3cccc(C[S@@](C)=O)c3)C2)c1. The van der Waals surface area contributed by atoms with Gasteiger partial charge in [0.2, 0.25) is 0 Å². The van der Waals surface area contributed by atoms with E-state index in [-0.39, 0.29) is 0 Å². The van der Waals surface area contributed by atoms with Crippen molar-refractivity contribution in [3.63, 3.8) is 0 Å². The predicted octanol–water partition coefficient (Wildman–Crippen LogP) is 4.23. The number of nitrogens with one attached hydrogen (secondary N) is 1. The van der Waals surface area contributed by atoms with Gasteiger partial charge in [-0.05, 0) is 48.9 Å². The van der Waals surface area contributed by atoms with E-state index in [1.807, 2.05) is 12.1 Å². The maximum atomic E-state index is 11.3. The van der Waals surface area contributed by atoms with Crippen molar-refractivity contribution in [2.75, 3.05) is 11.6 Å². The summed E-state index contributed by atoms with van der Waals surface area (Å²) in [5.74, 6) is 1.32. The lowest BCUT2D eigenvalue weighted by Gasteiger charge is -2.37. The topological polar surface area (TPSA) is 29.1 Å². The highest BCUT2D eigenvalue weighted by atomic mass is 32.2. The van der Waals surface area contributed by atoms with Gasteiger partial charge in [-0.2, -0.15) is 0 Å². The van der Waals surface area contributed by atoms with Crippen molar-refractivity contribution in [3.05, 3.63) is 65.2 Å². The Morgan fingerprint density at radius 3 is 2.64 bits per heavy atom. The van der Waals surface area contributed by atoms with Gasteiger partial charge in [-0.15, -0.1) is 0 Å². The summed E-state index contributed by atoms with van der Waals surface area (Å²) < 4.78 is 11.3. The lowest BCUT2D eigenvalue weighted by atomic mass is 9.75. The number of aryl methyl sites for hydroxylation is 1. The molecule has 1 atom stereocenters. The van der Waals surface area contributed by atoms with Crippen LogP contribution in [0.15, 0.2) is 48.5 Å². The Morgan fingerprint density at radius 2 is 1.91 bits per heavy atom. The molecule has 1 saturated carbocycles. The van der Waals surface area contributed by atoms with Crippen molar-refractivity contribution in [2.24, 2.45) is 0 Å². The summed E-state index contributed by atoms with van der Waals surface area (Å²) in [7, 11) is -0.786. The van der Waals surface area contributed by atoms with Crippen LogP contribution in [0.4, 0.5) is 5.69 Å². The summed E-state index contributed by atoms with van der Waals surface area (Å²) in [6.07, 6.45) is 4.12. The third-order valence-corrected chi connectivity index (χ3v) is 5.06. The first-order chi connectivity index (χ1) is 10.6. The van der Waals surface area contributed by atoms with Crippen molar-refractivity contribution in [1.82, 2.24) is 0 Å². The van der Waals surface area contributed by atoms with E-state index in [1.54, 1.807) is 6.26 Å². The molecule has 0 aromatic heterocycles. The average Bonchev–Trinajstić information content (AvgIpc) is 2.42. The van der Waals surface area contributed by atoms with Gasteiger partial charge in [0.15, 0.2) is 0 Å². The van der Waals surface area contributed by atoms with Gasteiger partial charge in [-0.3, -0.25) is 4.21 Å². The molecule has 116 valence electrons. The zero-order valence-corrected chi connectivity index (χ0v) is 14.0. The summed E-state index contributed by atoms with van der Waals surface area (Å²) in [5, 5.41) is 3.61. The Labute approximate surface area is 135 Å². The maximum Gasteiger partial charge on any atom is 0.0483 e. The minimum atomic E-state index is -0.786. The van der Waals surface area contributed by atoms with Gasteiger partial charge >= 0.3 is 0 Å². The molecule has 1 aliphatic rings. The molecular weight excluding hydrogens is 290 g/mol. The zero-order valence-electron chi connectivity index (χ0n) is 13.2. The molecule has 2 nitrogen and oxygen atoms in total. The fourth-order valence-corrected chi connectivity index (χ4v) is 3.80. The van der Waals surface area contributed by atoms with Gasteiger partial charge in [0.25, 0.3) is 0 Å². The molecule has 1 N–H and O–H groups in total. The van der Waals surface area contributed by atoms with E-state index in [0.717, 1.165) is 11.3 Å². The molecule has 3 heteroatoms. The number of anilines is 1. The first-order valence-electron chi connectivity index (χ1n) is 7.82. The van der Waals surface area contributed by atoms with Crippen LogP contribution in [0.5, 0.6) is 0 Å². The molecule has 22 heavy (non-hydrogen) atoms. The number of hydrogen-bond acceptors (Lipinski definition) is 2. The van der Waals surface area contributed by atoms with Crippen LogP contribution in [-0.4, -0.2) is 16.5 Å². The maximum absolute atomic E-state index is 11.3. The molecule has 0 spiro atoms. The summed E-state index contributed by atoms with van der Waals surface area (Å²) in [5.41, 5.74) is 5.10. The van der Waals surface area contributed by atoms with E-state index in [1.165, 1.54) is 24.0 Å². The Bertz CT molecular complexity index is 677. The number of hydrogen-bond donors (Lipinski definition) is 1. The lowest BCUT2D eigenvalue weighted by Crippen LogP contribution is -2.34. The Hall–Kier alpha value is -1.61. The molecule has 0 unspecified atom stereocenters. The highest BCUT2D eigenvalue weighted by Crippen LogP contribution is 2.38. The van der Waals surface area contributed by atoms with E-state index < -0.39 is 10.8 Å². The highest BCUT2D eigenvalue weighted by Gasteiger charge is 2.30. The third-order valence-electron chi connectivity index (χ3n) is 4.32. The van der Waals surface area contributed by atoms with Gasteiger partial charge in [0.05, 0.1) is 0 Å². The van der Waals surface area contributed by atoms with E-state index in [2.05, 4.69) is 48.6 Å². The number of rotatable bonds is 5. The van der Waals surface area contributed by atoms with Gasteiger partial charge < -0.3 is 5.32 Å². The standard InChI is InChI=1S/C19H23NOS/c1-14-5-3-7-16(9-14)17-11-19(12-17)20-18-8-4-6-15(10-18)13-22(2)21/h3-10,17,19-20H,11-13H2,1-2H3/t17?,19?,22-/m1/s1. The smallest absolute Gasteiger partial charge is 0.0483 e. The zero-order chi connectivity index (χ0) is 15.5. The molecule has 1 fully saturated rings. The normalized spacial score (nSPS) is 21.9. The fraction of sp³-hybridized carbons (Fsp3) is 0.368. The Balaban J connectivity index is 1.57. The number of benzene rings is 2. The molecule has 3 rings (SSSR count). The van der Waals surface area contributed by atoms with Crippen molar-refractivity contribution in [1.29, 1.82) is 0 Å². The van der Waals surface area contributed by atoms with E-state index >= 15 is 0 Å². The quantitative estimate of drug-likeness (QED) is 0.895. The summed E-state index contributed by atoms with van der Waals surface area (Å²) in [6, 6.07) is 17.7. The van der Waals surface area contributed by atoms with Crippen LogP contribution in [0, 0.1) is 6.92 Å². The van der Waals surface area contributed by atoms with Crippen LogP contribution < -0.4 is 5.32 Å². The Morgan fingerprint density at radius 1 is 1.14 bits per heavy atom. The van der Waals surface area contributed by atoms with Crippen LogP contribution >= 0.6 is 0 Å². The second kappa shape index (κ2) is 6.66. The van der Waals surface area contributed by atoms with E-state index in [9.17, 15) is 4.21 Å². The minimum Gasteiger partial charge on any atom is -0.382 e. The predicted molar refractivity (Wildman–Crippen MR) is 94.8 cm³/mol. The van der Waals surface area contributed by atoms with E-state index in [0.29, 0.717) is 17.7 Å². The molecule has 0 aliphatic heterocycles. The third kappa shape index (κ3) is 3.77. The summed E-state index contributed by atoms with van der Waals surface area (Å²) in [4.78, 5) is 0. The summed E-state index contributed by atoms with van der Waals surface area (Å²) in [6.45, 7) is 2.15. The fourth-order valence-electron chi connectivity index (χ4n) is 3.15. The van der Waals surface area contributed by atoms with Crippen LogP contribution in [0.1, 0.15) is 35.4 Å². The molecule has 0 heterocycles. The van der Waals surface area contributed by atoms with Crippen molar-refractivity contribution in [3.8, 4) is 0 Å². The molecule has 0 radical (unpaired) electrons. The van der Waals surface area contributed by atoms with Gasteiger partial charge in [0, 0.05) is 34.5 Å². The van der Waals surface area contributed by atoms with Crippen molar-refractivity contribution < 1.29 is 4.21 Å². The molecular formula is C19H23NOS. The van der Waals surface area contributed by atoms with Crippen LogP contribution in [0.25, 0.3) is 0 Å². The van der Waals surface area contributed by atoms with Crippen LogP contribution in [0.3, 0.4) is 0 Å². The molecule has 1 aliphatic carbocycles. The second-order valence-corrected chi connectivity index (χ2v) is 7.78. The van der Waals surface area contributed by atoms with Crippen LogP contribution in [0.2, 0.25) is 0 Å². The molecule has 2 aromatic rings. The van der Waals surface area contributed by atoms with Crippen molar-refractivity contribution >= 4 is 16.5 Å². The first-order valence-corrected chi connectivity index (χ1v) is 9.55. The minimum absolute atomic E-state index is 0.549. The van der Waals surface area contributed by atoms with Gasteiger partial charge in [-0.1, -0.05) is 42.0 Å². The van der Waals surface area contributed by atoms with Gasteiger partial charge in [0.1, 0.15) is 0 Å². The van der Waals surface area contributed by atoms with Crippen molar-refractivity contribution in [2.45, 2.75) is 37.5 Å². The first kappa shape index (κ1) is 15.3. The molecule has 0 saturated heterocycles. The van der Waals surface area contributed by atoms with Crippen LogP contribution in [-0.2, 0) is 16.6 Å². The molecule has 2 aromatic carbocycles. The van der Waals surface area contributed by atoms with Gasteiger partial charge in [-0.25, -0.2) is 0 Å². The summed E-state index contributed by atoms with van der Waals surface area (Å²) >= 11 is 0. The largest absolute Gasteiger partial charge is 0.382 e. The Kier molecular flexibility index (Phi) is 4.63.